The number of hydrogen-bond donors (Lipinski definition) is 1. The number of hydrogen-bond acceptors (Lipinski definition) is 2. The van der Waals surface area contributed by atoms with Crippen LogP contribution < -0.4 is 5.32 Å². The van der Waals surface area contributed by atoms with Gasteiger partial charge in [-0.05, 0) is 57.0 Å². The molecule has 0 aliphatic heterocycles. The topological polar surface area (TPSA) is 12.0 Å². The van der Waals surface area contributed by atoms with Crippen LogP contribution in [0, 0.1) is 27.7 Å². The van der Waals surface area contributed by atoms with Crippen molar-refractivity contribution < 1.29 is 0 Å². The van der Waals surface area contributed by atoms with Gasteiger partial charge in [0, 0.05) is 9.75 Å². The van der Waals surface area contributed by atoms with E-state index in [-0.39, 0.29) is 0 Å². The maximum absolute atomic E-state index is 3.64. The molecule has 1 unspecified atom stereocenters. The molecule has 1 atom stereocenters. The minimum Gasteiger partial charge on any atom is -0.306 e. The van der Waals surface area contributed by atoms with Crippen LogP contribution in [0.25, 0.3) is 0 Å². The van der Waals surface area contributed by atoms with Gasteiger partial charge in [-0.15, -0.1) is 11.3 Å². The standard InChI is InChI=1S/C17H23NS/c1-6-18-17(16-10-13(4)19-14(16)5)15-9-11(2)7-8-12(15)3/h7-10,17-18H,6H2,1-5H3. The second-order valence-electron chi connectivity index (χ2n) is 5.22. The zero-order valence-corrected chi connectivity index (χ0v) is 13.3. The predicted molar refractivity (Wildman–Crippen MR) is 85.2 cm³/mol. The van der Waals surface area contributed by atoms with Gasteiger partial charge in [0.1, 0.15) is 0 Å². The summed E-state index contributed by atoms with van der Waals surface area (Å²) in [5.74, 6) is 0. The van der Waals surface area contributed by atoms with Crippen molar-refractivity contribution in [3.05, 3.63) is 56.3 Å². The molecule has 2 aromatic rings. The number of thiophene rings is 1. The van der Waals surface area contributed by atoms with Gasteiger partial charge in [0.25, 0.3) is 0 Å². The Kier molecular flexibility index (Phi) is 4.43. The average Bonchev–Trinajstić information content (AvgIpc) is 2.69. The molecule has 1 N–H and O–H groups in total. The Morgan fingerprint density at radius 3 is 2.37 bits per heavy atom. The number of benzene rings is 1. The summed E-state index contributed by atoms with van der Waals surface area (Å²) >= 11 is 1.89. The summed E-state index contributed by atoms with van der Waals surface area (Å²) in [7, 11) is 0. The summed E-state index contributed by atoms with van der Waals surface area (Å²) in [6.45, 7) is 11.9. The highest BCUT2D eigenvalue weighted by molar-refractivity contribution is 7.12. The molecular formula is C17H23NS. The van der Waals surface area contributed by atoms with Gasteiger partial charge in [0.05, 0.1) is 6.04 Å². The molecule has 19 heavy (non-hydrogen) atoms. The minimum absolute atomic E-state index is 0.315. The zero-order chi connectivity index (χ0) is 14.0. The van der Waals surface area contributed by atoms with E-state index in [4.69, 9.17) is 0 Å². The largest absolute Gasteiger partial charge is 0.306 e. The van der Waals surface area contributed by atoms with E-state index in [1.807, 2.05) is 11.3 Å². The normalized spacial score (nSPS) is 12.7. The van der Waals surface area contributed by atoms with Crippen molar-refractivity contribution in [1.29, 1.82) is 0 Å². The fraction of sp³-hybridized carbons (Fsp3) is 0.412. The minimum atomic E-state index is 0.315. The average molecular weight is 273 g/mol. The number of aryl methyl sites for hydroxylation is 4. The second kappa shape index (κ2) is 5.89. The molecule has 2 heteroatoms. The molecule has 0 bridgehead atoms. The highest BCUT2D eigenvalue weighted by Crippen LogP contribution is 2.32. The van der Waals surface area contributed by atoms with E-state index in [1.54, 1.807) is 0 Å². The van der Waals surface area contributed by atoms with Crippen molar-refractivity contribution in [2.24, 2.45) is 0 Å². The van der Waals surface area contributed by atoms with Crippen molar-refractivity contribution in [3.63, 3.8) is 0 Å². The molecule has 1 heterocycles. The van der Waals surface area contributed by atoms with Crippen LogP contribution in [0.15, 0.2) is 24.3 Å². The van der Waals surface area contributed by atoms with Crippen molar-refractivity contribution >= 4 is 11.3 Å². The highest BCUT2D eigenvalue weighted by Gasteiger charge is 2.18. The zero-order valence-electron chi connectivity index (χ0n) is 12.5. The third-order valence-corrected chi connectivity index (χ3v) is 4.53. The molecule has 0 radical (unpaired) electrons. The molecule has 0 saturated carbocycles. The molecule has 102 valence electrons. The first-order valence-electron chi connectivity index (χ1n) is 6.90. The fourth-order valence-electron chi connectivity index (χ4n) is 2.60. The Morgan fingerprint density at radius 2 is 1.79 bits per heavy atom. The molecule has 0 aliphatic rings. The van der Waals surface area contributed by atoms with Gasteiger partial charge in [-0.25, -0.2) is 0 Å². The van der Waals surface area contributed by atoms with Gasteiger partial charge in [0.15, 0.2) is 0 Å². The van der Waals surface area contributed by atoms with Gasteiger partial charge in [-0.3, -0.25) is 0 Å². The van der Waals surface area contributed by atoms with Gasteiger partial charge in [-0.1, -0.05) is 30.7 Å². The Labute approximate surface area is 120 Å². The fourth-order valence-corrected chi connectivity index (χ4v) is 3.56. The summed E-state index contributed by atoms with van der Waals surface area (Å²) in [5.41, 5.74) is 5.52. The smallest absolute Gasteiger partial charge is 0.0590 e. The summed E-state index contributed by atoms with van der Waals surface area (Å²) < 4.78 is 0. The van der Waals surface area contributed by atoms with Crippen LogP contribution in [0.5, 0.6) is 0 Å². The first-order valence-corrected chi connectivity index (χ1v) is 7.72. The van der Waals surface area contributed by atoms with Crippen LogP contribution in [-0.4, -0.2) is 6.54 Å². The molecule has 0 aliphatic carbocycles. The number of rotatable bonds is 4. The van der Waals surface area contributed by atoms with E-state index in [0.717, 1.165) is 6.54 Å². The summed E-state index contributed by atoms with van der Waals surface area (Å²) in [5, 5.41) is 3.64. The Hall–Kier alpha value is -1.12. The van der Waals surface area contributed by atoms with Crippen molar-refractivity contribution in [2.75, 3.05) is 6.54 Å². The monoisotopic (exact) mass is 273 g/mol. The molecule has 0 amide bonds. The van der Waals surface area contributed by atoms with E-state index in [1.165, 1.54) is 32.0 Å². The lowest BCUT2D eigenvalue weighted by molar-refractivity contribution is 0.626. The van der Waals surface area contributed by atoms with Crippen LogP contribution in [0.4, 0.5) is 0 Å². The predicted octanol–water partition coefficient (Wildman–Crippen LogP) is 4.68. The molecule has 1 aromatic carbocycles. The SMILES string of the molecule is CCNC(c1cc(C)ccc1C)c1cc(C)sc1C. The van der Waals surface area contributed by atoms with E-state index in [0.29, 0.717) is 6.04 Å². The van der Waals surface area contributed by atoms with Gasteiger partial charge >= 0.3 is 0 Å². The van der Waals surface area contributed by atoms with Crippen molar-refractivity contribution in [3.8, 4) is 0 Å². The van der Waals surface area contributed by atoms with Crippen LogP contribution in [0.3, 0.4) is 0 Å². The second-order valence-corrected chi connectivity index (χ2v) is 6.68. The molecular weight excluding hydrogens is 250 g/mol. The third kappa shape index (κ3) is 3.07. The summed E-state index contributed by atoms with van der Waals surface area (Å²) in [6, 6.07) is 9.37. The maximum Gasteiger partial charge on any atom is 0.0590 e. The quantitative estimate of drug-likeness (QED) is 0.853. The molecule has 1 nitrogen and oxygen atoms in total. The summed E-state index contributed by atoms with van der Waals surface area (Å²) in [4.78, 5) is 2.81. The third-order valence-electron chi connectivity index (χ3n) is 3.54. The van der Waals surface area contributed by atoms with Crippen LogP contribution in [-0.2, 0) is 0 Å². The first-order chi connectivity index (χ1) is 9.02. The van der Waals surface area contributed by atoms with Gasteiger partial charge in [-0.2, -0.15) is 0 Å². The van der Waals surface area contributed by atoms with Gasteiger partial charge in [0.2, 0.25) is 0 Å². The molecule has 0 saturated heterocycles. The van der Waals surface area contributed by atoms with Crippen LogP contribution in [0.2, 0.25) is 0 Å². The van der Waals surface area contributed by atoms with Gasteiger partial charge < -0.3 is 5.32 Å². The molecule has 0 fully saturated rings. The first kappa shape index (κ1) is 14.3. The van der Waals surface area contributed by atoms with Crippen molar-refractivity contribution in [2.45, 2.75) is 40.7 Å². The number of nitrogens with one attached hydrogen (secondary N) is 1. The van der Waals surface area contributed by atoms with Crippen LogP contribution in [0.1, 0.15) is 45.0 Å². The lowest BCUT2D eigenvalue weighted by atomic mass is 9.93. The van der Waals surface area contributed by atoms with E-state index in [2.05, 4.69) is 64.2 Å². The Balaban J connectivity index is 2.51. The maximum atomic E-state index is 3.64. The molecule has 0 spiro atoms. The lowest BCUT2D eigenvalue weighted by Crippen LogP contribution is -2.23. The highest BCUT2D eigenvalue weighted by atomic mass is 32.1. The Bertz CT molecular complexity index is 569. The van der Waals surface area contributed by atoms with Crippen molar-refractivity contribution in [1.82, 2.24) is 5.32 Å². The molecule has 1 aromatic heterocycles. The van der Waals surface area contributed by atoms with E-state index < -0.39 is 0 Å². The van der Waals surface area contributed by atoms with E-state index in [9.17, 15) is 0 Å². The van der Waals surface area contributed by atoms with E-state index >= 15 is 0 Å². The summed E-state index contributed by atoms with van der Waals surface area (Å²) in [6.07, 6.45) is 0. The Morgan fingerprint density at radius 1 is 1.05 bits per heavy atom. The lowest BCUT2D eigenvalue weighted by Gasteiger charge is -2.21. The molecule has 2 rings (SSSR count). The van der Waals surface area contributed by atoms with Crippen LogP contribution >= 0.6 is 11.3 Å².